The van der Waals surface area contributed by atoms with Crippen molar-refractivity contribution in [1.29, 1.82) is 0 Å². The molecule has 0 heterocycles. The third-order valence-corrected chi connectivity index (χ3v) is 3.21. The van der Waals surface area contributed by atoms with E-state index in [0.29, 0.717) is 35.8 Å². The Kier molecular flexibility index (Phi) is 6.99. The zero-order valence-electron chi connectivity index (χ0n) is 13.0. The number of nitrogen functional groups attached to an aromatic ring is 1. The first-order valence-corrected chi connectivity index (χ1v) is 7.58. The van der Waals surface area contributed by atoms with Crippen LogP contribution in [-0.4, -0.2) is 19.1 Å². The van der Waals surface area contributed by atoms with Gasteiger partial charge in [-0.05, 0) is 36.5 Å². The fraction of sp³-hybridized carbons (Fsp3) is 0.562. The minimum atomic E-state index is -0.0663. The molecule has 1 amide bonds. The zero-order valence-corrected chi connectivity index (χ0v) is 13.8. The molecule has 4 nitrogen and oxygen atoms in total. The molecule has 0 saturated carbocycles. The van der Waals surface area contributed by atoms with Gasteiger partial charge >= 0.3 is 0 Å². The Balaban J connectivity index is 2.20. The molecule has 0 aliphatic heterocycles. The summed E-state index contributed by atoms with van der Waals surface area (Å²) in [7, 11) is 0. The number of benzene rings is 1. The van der Waals surface area contributed by atoms with Gasteiger partial charge in [-0.3, -0.25) is 4.79 Å². The Labute approximate surface area is 132 Å². The number of amides is 1. The third kappa shape index (κ3) is 7.93. The molecule has 0 unspecified atom stereocenters. The summed E-state index contributed by atoms with van der Waals surface area (Å²) in [4.78, 5) is 11.8. The minimum absolute atomic E-state index is 0.0663. The molecule has 0 spiro atoms. The van der Waals surface area contributed by atoms with Crippen LogP contribution in [0.1, 0.15) is 40.0 Å². The molecule has 3 N–H and O–H groups in total. The monoisotopic (exact) mass is 312 g/mol. The highest BCUT2D eigenvalue weighted by Gasteiger charge is 2.09. The van der Waals surface area contributed by atoms with Crippen LogP contribution in [0.4, 0.5) is 11.4 Å². The summed E-state index contributed by atoms with van der Waals surface area (Å²) in [5, 5.41) is 3.33. The predicted molar refractivity (Wildman–Crippen MR) is 88.6 cm³/mol. The molecule has 1 aromatic rings. The van der Waals surface area contributed by atoms with Crippen molar-refractivity contribution in [3.05, 3.63) is 23.2 Å². The number of hydrogen-bond acceptors (Lipinski definition) is 3. The number of anilines is 2. The number of rotatable bonds is 7. The minimum Gasteiger partial charge on any atom is -0.397 e. The maximum atomic E-state index is 11.8. The Morgan fingerprint density at radius 2 is 2.05 bits per heavy atom. The number of halogens is 1. The third-order valence-electron chi connectivity index (χ3n) is 2.98. The molecule has 0 atom stereocenters. The maximum Gasteiger partial charge on any atom is 0.224 e. The molecule has 21 heavy (non-hydrogen) atoms. The van der Waals surface area contributed by atoms with Gasteiger partial charge in [0, 0.05) is 24.7 Å². The van der Waals surface area contributed by atoms with E-state index < -0.39 is 0 Å². The van der Waals surface area contributed by atoms with Gasteiger partial charge in [0.15, 0.2) is 0 Å². The van der Waals surface area contributed by atoms with Gasteiger partial charge in [-0.15, -0.1) is 0 Å². The fourth-order valence-corrected chi connectivity index (χ4v) is 1.86. The highest BCUT2D eigenvalue weighted by molar-refractivity contribution is 6.31. The zero-order chi connectivity index (χ0) is 15.9. The summed E-state index contributed by atoms with van der Waals surface area (Å²) in [6.45, 7) is 7.87. The number of nitrogens with two attached hydrogens (primary N) is 1. The highest BCUT2D eigenvalue weighted by atomic mass is 35.5. The van der Waals surface area contributed by atoms with Crippen LogP contribution in [0.15, 0.2) is 18.2 Å². The van der Waals surface area contributed by atoms with E-state index in [-0.39, 0.29) is 11.3 Å². The summed E-state index contributed by atoms with van der Waals surface area (Å²) >= 11 is 5.81. The van der Waals surface area contributed by atoms with Crippen LogP contribution >= 0.6 is 11.6 Å². The van der Waals surface area contributed by atoms with E-state index in [1.807, 2.05) is 0 Å². The summed E-state index contributed by atoms with van der Waals surface area (Å²) < 4.78 is 5.53. The Bertz CT molecular complexity index is 470. The van der Waals surface area contributed by atoms with Crippen LogP contribution in [0.3, 0.4) is 0 Å². The molecule has 1 aromatic carbocycles. The van der Waals surface area contributed by atoms with Crippen molar-refractivity contribution >= 4 is 28.9 Å². The van der Waals surface area contributed by atoms with Crippen molar-refractivity contribution < 1.29 is 9.53 Å². The van der Waals surface area contributed by atoms with E-state index in [2.05, 4.69) is 26.1 Å². The van der Waals surface area contributed by atoms with E-state index >= 15 is 0 Å². The first-order valence-electron chi connectivity index (χ1n) is 7.20. The van der Waals surface area contributed by atoms with E-state index in [4.69, 9.17) is 22.1 Å². The SMILES string of the molecule is CC(C)(C)CCOCCCC(=O)Nc1ccc(Cl)cc1N. The molecule has 118 valence electrons. The van der Waals surface area contributed by atoms with Gasteiger partial charge in [-0.1, -0.05) is 32.4 Å². The van der Waals surface area contributed by atoms with Crippen molar-refractivity contribution in [2.75, 3.05) is 24.3 Å². The van der Waals surface area contributed by atoms with Gasteiger partial charge in [-0.2, -0.15) is 0 Å². The maximum absolute atomic E-state index is 11.8. The first-order chi connectivity index (χ1) is 9.78. The standard InChI is InChI=1S/C16H25ClN2O2/c1-16(2,3)8-10-21-9-4-5-15(20)19-14-7-6-12(17)11-13(14)18/h6-7,11H,4-5,8-10,18H2,1-3H3,(H,19,20). The number of carbonyl (C=O) groups excluding carboxylic acids is 1. The van der Waals surface area contributed by atoms with Gasteiger partial charge < -0.3 is 15.8 Å². The second kappa shape index (κ2) is 8.25. The predicted octanol–water partition coefficient (Wildman–Crippen LogP) is 4.09. The average molecular weight is 313 g/mol. The number of nitrogens with one attached hydrogen (secondary N) is 1. The molecule has 0 bridgehead atoms. The molecular formula is C16H25ClN2O2. The number of ether oxygens (including phenoxy) is 1. The van der Waals surface area contributed by atoms with Crippen molar-refractivity contribution in [2.24, 2.45) is 5.41 Å². The van der Waals surface area contributed by atoms with Crippen molar-refractivity contribution in [3.8, 4) is 0 Å². The molecule has 0 saturated heterocycles. The van der Waals surface area contributed by atoms with Gasteiger partial charge in [0.1, 0.15) is 0 Å². The summed E-state index contributed by atoms with van der Waals surface area (Å²) in [6, 6.07) is 5.02. The smallest absolute Gasteiger partial charge is 0.224 e. The van der Waals surface area contributed by atoms with E-state index in [1.54, 1.807) is 18.2 Å². The van der Waals surface area contributed by atoms with Crippen LogP contribution in [-0.2, 0) is 9.53 Å². The highest BCUT2D eigenvalue weighted by Crippen LogP contribution is 2.22. The lowest BCUT2D eigenvalue weighted by molar-refractivity contribution is -0.116. The molecule has 0 radical (unpaired) electrons. The van der Waals surface area contributed by atoms with Crippen LogP contribution < -0.4 is 11.1 Å². The quantitative estimate of drug-likeness (QED) is 0.588. The van der Waals surface area contributed by atoms with E-state index in [9.17, 15) is 4.79 Å². The summed E-state index contributed by atoms with van der Waals surface area (Å²) in [6.07, 6.45) is 2.13. The van der Waals surface area contributed by atoms with Gasteiger partial charge in [0.05, 0.1) is 11.4 Å². The molecule has 0 aromatic heterocycles. The second-order valence-electron chi connectivity index (χ2n) is 6.31. The lowest BCUT2D eigenvalue weighted by Crippen LogP contribution is -2.14. The molecule has 0 aliphatic rings. The Hall–Kier alpha value is -1.26. The largest absolute Gasteiger partial charge is 0.397 e. The summed E-state index contributed by atoms with van der Waals surface area (Å²) in [5.41, 5.74) is 7.13. The lowest BCUT2D eigenvalue weighted by Gasteiger charge is -2.17. The van der Waals surface area contributed by atoms with Gasteiger partial charge in [0.25, 0.3) is 0 Å². The molecular weight excluding hydrogens is 288 g/mol. The Morgan fingerprint density at radius 1 is 1.33 bits per heavy atom. The van der Waals surface area contributed by atoms with Crippen molar-refractivity contribution in [2.45, 2.75) is 40.0 Å². The number of carbonyl (C=O) groups is 1. The molecule has 5 heteroatoms. The summed E-state index contributed by atoms with van der Waals surface area (Å²) in [5.74, 6) is -0.0663. The van der Waals surface area contributed by atoms with Gasteiger partial charge in [-0.25, -0.2) is 0 Å². The normalized spacial score (nSPS) is 11.4. The van der Waals surface area contributed by atoms with E-state index in [0.717, 1.165) is 13.0 Å². The second-order valence-corrected chi connectivity index (χ2v) is 6.74. The van der Waals surface area contributed by atoms with Crippen molar-refractivity contribution in [1.82, 2.24) is 0 Å². The fourth-order valence-electron chi connectivity index (χ4n) is 1.68. The molecule has 0 fully saturated rings. The van der Waals surface area contributed by atoms with Crippen LogP contribution in [0.5, 0.6) is 0 Å². The first kappa shape index (κ1) is 17.8. The lowest BCUT2D eigenvalue weighted by atomic mass is 9.93. The van der Waals surface area contributed by atoms with Crippen LogP contribution in [0, 0.1) is 5.41 Å². The Morgan fingerprint density at radius 3 is 2.67 bits per heavy atom. The molecule has 1 rings (SSSR count). The van der Waals surface area contributed by atoms with Crippen LogP contribution in [0.2, 0.25) is 5.02 Å². The number of hydrogen-bond donors (Lipinski definition) is 2. The van der Waals surface area contributed by atoms with E-state index in [1.165, 1.54) is 0 Å². The average Bonchev–Trinajstić information content (AvgIpc) is 2.36. The van der Waals surface area contributed by atoms with Crippen LogP contribution in [0.25, 0.3) is 0 Å². The van der Waals surface area contributed by atoms with Gasteiger partial charge in [0.2, 0.25) is 5.91 Å². The van der Waals surface area contributed by atoms with Crippen molar-refractivity contribution in [3.63, 3.8) is 0 Å². The topological polar surface area (TPSA) is 64.3 Å². The molecule has 0 aliphatic carbocycles.